The second-order valence-corrected chi connectivity index (χ2v) is 4.45. The second-order valence-electron chi connectivity index (χ2n) is 2.93. The van der Waals surface area contributed by atoms with Crippen LogP contribution in [0.1, 0.15) is 19.8 Å². The van der Waals surface area contributed by atoms with Crippen LogP contribution in [0.3, 0.4) is 0 Å². The third kappa shape index (κ3) is 3.85. The predicted molar refractivity (Wildman–Crippen MR) is 42.3 cm³/mol. The van der Waals surface area contributed by atoms with Crippen molar-refractivity contribution in [2.24, 2.45) is 5.92 Å². The van der Waals surface area contributed by atoms with Gasteiger partial charge in [0.2, 0.25) is 5.91 Å². The summed E-state index contributed by atoms with van der Waals surface area (Å²) in [5.74, 6) is -0.157. The lowest BCUT2D eigenvalue weighted by atomic mass is 10.5. The molecular formula is C6H12NO4P. The quantitative estimate of drug-likeness (QED) is 0.642. The molecular weight excluding hydrogens is 181 g/mol. The van der Waals surface area contributed by atoms with Gasteiger partial charge < -0.3 is 4.89 Å². The van der Waals surface area contributed by atoms with Crippen molar-refractivity contribution in [3.8, 4) is 0 Å². The molecule has 70 valence electrons. The molecule has 1 aliphatic rings. The summed E-state index contributed by atoms with van der Waals surface area (Å²) >= 11 is 0. The first-order chi connectivity index (χ1) is 5.49. The Balaban J connectivity index is 2.25. The Labute approximate surface area is 70.7 Å². The molecule has 2 N–H and O–H groups in total. The number of carbonyl (C=O) groups is 1. The second kappa shape index (κ2) is 3.56. The van der Waals surface area contributed by atoms with Crippen LogP contribution < -0.4 is 5.09 Å². The summed E-state index contributed by atoms with van der Waals surface area (Å²) in [6.07, 6.45) is 2.08. The van der Waals surface area contributed by atoms with Crippen LogP contribution in [0.15, 0.2) is 0 Å². The molecule has 0 aromatic carbocycles. The van der Waals surface area contributed by atoms with Gasteiger partial charge in [-0.05, 0) is 18.8 Å². The van der Waals surface area contributed by atoms with Crippen LogP contribution in [0, 0.1) is 5.92 Å². The van der Waals surface area contributed by atoms with Crippen LogP contribution in [0.2, 0.25) is 0 Å². The van der Waals surface area contributed by atoms with Gasteiger partial charge in [0, 0.05) is 6.92 Å². The summed E-state index contributed by atoms with van der Waals surface area (Å²) in [7, 11) is -3.86. The minimum atomic E-state index is -3.86. The van der Waals surface area contributed by atoms with Gasteiger partial charge in [0.25, 0.3) is 0 Å². The van der Waals surface area contributed by atoms with Gasteiger partial charge in [-0.15, -0.1) is 0 Å². The third-order valence-electron chi connectivity index (χ3n) is 1.48. The summed E-state index contributed by atoms with van der Waals surface area (Å²) < 4.78 is 15.6. The van der Waals surface area contributed by atoms with Gasteiger partial charge in [0.05, 0.1) is 6.61 Å². The molecule has 0 heterocycles. The van der Waals surface area contributed by atoms with Gasteiger partial charge in [-0.25, -0.2) is 4.57 Å². The maximum absolute atomic E-state index is 11.0. The molecule has 0 aromatic rings. The van der Waals surface area contributed by atoms with Crippen LogP contribution in [-0.2, 0) is 13.9 Å². The Morgan fingerprint density at radius 1 is 1.75 bits per heavy atom. The Hall–Kier alpha value is -0.380. The first kappa shape index (κ1) is 9.71. The van der Waals surface area contributed by atoms with Gasteiger partial charge in [0.15, 0.2) is 0 Å². The van der Waals surface area contributed by atoms with E-state index in [1.54, 1.807) is 0 Å². The number of hydrogen-bond donors (Lipinski definition) is 2. The maximum Gasteiger partial charge on any atom is 0.432 e. The first-order valence-corrected chi connectivity index (χ1v) is 5.33. The molecule has 1 fully saturated rings. The fourth-order valence-corrected chi connectivity index (χ4v) is 1.60. The maximum atomic E-state index is 11.0. The van der Waals surface area contributed by atoms with E-state index in [0.717, 1.165) is 12.8 Å². The van der Waals surface area contributed by atoms with Crippen molar-refractivity contribution in [3.63, 3.8) is 0 Å². The summed E-state index contributed by atoms with van der Waals surface area (Å²) in [5, 5.41) is 1.85. The molecule has 0 saturated heterocycles. The van der Waals surface area contributed by atoms with Crippen molar-refractivity contribution >= 4 is 13.7 Å². The number of nitrogens with one attached hydrogen (secondary N) is 1. The highest BCUT2D eigenvalue weighted by Gasteiger charge is 2.27. The molecule has 5 nitrogen and oxygen atoms in total. The summed E-state index contributed by atoms with van der Waals surface area (Å²) in [6, 6.07) is 0. The van der Waals surface area contributed by atoms with Gasteiger partial charge in [-0.2, -0.15) is 0 Å². The minimum Gasteiger partial charge on any atom is -0.308 e. The SMILES string of the molecule is CC(=O)NP(=O)(O)OCC1CC1. The van der Waals surface area contributed by atoms with Crippen LogP contribution in [0.5, 0.6) is 0 Å². The Kier molecular flexibility index (Phi) is 2.88. The van der Waals surface area contributed by atoms with Crippen molar-refractivity contribution in [3.05, 3.63) is 0 Å². The van der Waals surface area contributed by atoms with E-state index in [-0.39, 0.29) is 6.61 Å². The topological polar surface area (TPSA) is 75.6 Å². The smallest absolute Gasteiger partial charge is 0.308 e. The fraction of sp³-hybridized carbons (Fsp3) is 0.833. The number of hydrogen-bond acceptors (Lipinski definition) is 3. The monoisotopic (exact) mass is 193 g/mol. The molecule has 6 heteroatoms. The highest BCUT2D eigenvalue weighted by atomic mass is 31.2. The van der Waals surface area contributed by atoms with Gasteiger partial charge >= 0.3 is 7.75 Å². The molecule has 1 aliphatic carbocycles. The van der Waals surface area contributed by atoms with Crippen LogP contribution in [0.25, 0.3) is 0 Å². The highest BCUT2D eigenvalue weighted by Crippen LogP contribution is 2.40. The highest BCUT2D eigenvalue weighted by molar-refractivity contribution is 7.51. The van der Waals surface area contributed by atoms with Crippen molar-refractivity contribution in [1.82, 2.24) is 5.09 Å². The molecule has 0 bridgehead atoms. The zero-order chi connectivity index (χ0) is 9.19. The standard InChI is InChI=1S/C6H12NO4P/c1-5(8)7-12(9,10)11-4-6-2-3-6/h6H,2-4H2,1H3,(H2,7,8,9,10). The van der Waals surface area contributed by atoms with E-state index in [4.69, 9.17) is 4.89 Å². The van der Waals surface area contributed by atoms with Gasteiger partial charge in [-0.1, -0.05) is 0 Å². The molecule has 1 atom stereocenters. The molecule has 1 saturated carbocycles. The number of amides is 1. The van der Waals surface area contributed by atoms with E-state index in [1.165, 1.54) is 6.92 Å². The lowest BCUT2D eigenvalue weighted by Gasteiger charge is -2.10. The van der Waals surface area contributed by atoms with E-state index in [9.17, 15) is 9.36 Å². The van der Waals surface area contributed by atoms with Gasteiger partial charge in [0.1, 0.15) is 0 Å². The van der Waals surface area contributed by atoms with E-state index in [2.05, 4.69) is 4.52 Å². The Morgan fingerprint density at radius 3 is 2.75 bits per heavy atom. The molecule has 1 rings (SSSR count). The molecule has 12 heavy (non-hydrogen) atoms. The Bertz CT molecular complexity index is 226. The molecule has 0 aromatic heterocycles. The summed E-state index contributed by atoms with van der Waals surface area (Å²) in [4.78, 5) is 19.4. The lowest BCUT2D eigenvalue weighted by molar-refractivity contribution is -0.117. The molecule has 0 radical (unpaired) electrons. The van der Waals surface area contributed by atoms with Crippen LogP contribution >= 0.6 is 7.75 Å². The average Bonchev–Trinajstić information content (AvgIpc) is 2.62. The van der Waals surface area contributed by atoms with Crippen molar-refractivity contribution in [2.75, 3.05) is 6.61 Å². The summed E-state index contributed by atoms with van der Waals surface area (Å²) in [6.45, 7) is 1.43. The molecule has 0 aliphatic heterocycles. The minimum absolute atomic E-state index is 0.258. The number of carbonyl (C=O) groups excluding carboxylic acids is 1. The van der Waals surface area contributed by atoms with Crippen LogP contribution in [0.4, 0.5) is 0 Å². The van der Waals surface area contributed by atoms with Crippen molar-refractivity contribution in [1.29, 1.82) is 0 Å². The van der Waals surface area contributed by atoms with Gasteiger partial charge in [-0.3, -0.25) is 14.4 Å². The normalized spacial score (nSPS) is 21.5. The third-order valence-corrected chi connectivity index (χ3v) is 2.58. The molecule has 1 unspecified atom stereocenters. The zero-order valence-electron chi connectivity index (χ0n) is 6.82. The predicted octanol–water partition coefficient (Wildman–Crippen LogP) is 0.649. The lowest BCUT2D eigenvalue weighted by Crippen LogP contribution is -2.18. The largest absolute Gasteiger partial charge is 0.432 e. The molecule has 1 amide bonds. The fourth-order valence-electron chi connectivity index (χ4n) is 0.722. The first-order valence-electron chi connectivity index (χ1n) is 3.76. The number of rotatable bonds is 4. The van der Waals surface area contributed by atoms with E-state index < -0.39 is 13.7 Å². The van der Waals surface area contributed by atoms with E-state index in [0.29, 0.717) is 5.92 Å². The average molecular weight is 193 g/mol. The van der Waals surface area contributed by atoms with E-state index >= 15 is 0 Å². The Morgan fingerprint density at radius 2 is 2.33 bits per heavy atom. The zero-order valence-corrected chi connectivity index (χ0v) is 7.71. The van der Waals surface area contributed by atoms with Crippen molar-refractivity contribution < 1.29 is 18.8 Å². The van der Waals surface area contributed by atoms with Crippen LogP contribution in [-0.4, -0.2) is 17.4 Å². The van der Waals surface area contributed by atoms with E-state index in [1.807, 2.05) is 5.09 Å². The molecule has 0 spiro atoms. The van der Waals surface area contributed by atoms with Crippen molar-refractivity contribution in [2.45, 2.75) is 19.8 Å². The summed E-state index contributed by atoms with van der Waals surface area (Å²) in [5.41, 5.74) is 0.